The van der Waals surface area contributed by atoms with E-state index in [1.807, 2.05) is 30.3 Å². The number of allylic oxidation sites excluding steroid dienone is 1. The number of ketones is 1. The van der Waals surface area contributed by atoms with E-state index in [-0.39, 0.29) is 23.7 Å². The van der Waals surface area contributed by atoms with Crippen molar-refractivity contribution in [2.45, 2.75) is 20.4 Å². The van der Waals surface area contributed by atoms with Crippen LogP contribution < -0.4 is 0 Å². The first-order chi connectivity index (χ1) is 12.5. The molecule has 1 atom stereocenters. The summed E-state index contributed by atoms with van der Waals surface area (Å²) in [7, 11) is 1.23. The van der Waals surface area contributed by atoms with Gasteiger partial charge in [0.1, 0.15) is 5.92 Å². The van der Waals surface area contributed by atoms with Crippen LogP contribution in [0.1, 0.15) is 19.4 Å². The Kier molecular flexibility index (Phi) is 6.72. The van der Waals surface area contributed by atoms with Crippen LogP contribution in [0, 0.1) is 5.92 Å². The number of rotatable bonds is 6. The molecule has 0 fully saturated rings. The van der Waals surface area contributed by atoms with E-state index in [1.165, 1.54) is 14.0 Å². The quantitative estimate of drug-likeness (QED) is 0.574. The van der Waals surface area contributed by atoms with Crippen LogP contribution in [0.25, 0.3) is 0 Å². The molecule has 0 aliphatic carbocycles. The molecular weight excluding hydrogens is 334 g/mol. The fourth-order valence-corrected chi connectivity index (χ4v) is 2.95. The second-order valence-electron chi connectivity index (χ2n) is 5.83. The van der Waals surface area contributed by atoms with Gasteiger partial charge in [0.15, 0.2) is 5.78 Å². The number of hydrogen-bond donors (Lipinski definition) is 0. The van der Waals surface area contributed by atoms with Gasteiger partial charge in [-0.2, -0.15) is 0 Å². The van der Waals surface area contributed by atoms with Crippen molar-refractivity contribution in [1.29, 1.82) is 0 Å². The summed E-state index contributed by atoms with van der Waals surface area (Å²) in [6, 6.07) is 9.59. The lowest BCUT2D eigenvalue weighted by atomic mass is 9.95. The van der Waals surface area contributed by atoms with Crippen LogP contribution in [-0.4, -0.2) is 42.9 Å². The third kappa shape index (κ3) is 4.39. The van der Waals surface area contributed by atoms with Crippen molar-refractivity contribution < 1.29 is 23.9 Å². The van der Waals surface area contributed by atoms with Crippen molar-refractivity contribution in [3.63, 3.8) is 0 Å². The molecule has 2 rings (SSSR count). The summed E-state index contributed by atoms with van der Waals surface area (Å²) in [5.41, 5.74) is 1.19. The van der Waals surface area contributed by atoms with Gasteiger partial charge >= 0.3 is 11.9 Å². The molecule has 0 N–H and O–H groups in total. The number of carbonyl (C=O) groups is 3. The molecule has 0 aromatic heterocycles. The van der Waals surface area contributed by atoms with Crippen LogP contribution in [0.3, 0.4) is 0 Å². The summed E-state index contributed by atoms with van der Waals surface area (Å²) in [5, 5.41) is 0. The third-order valence-corrected chi connectivity index (χ3v) is 4.03. The number of nitrogens with zero attached hydrogens (tertiary/aromatic N) is 1. The van der Waals surface area contributed by atoms with E-state index in [4.69, 9.17) is 9.47 Å². The summed E-state index contributed by atoms with van der Waals surface area (Å²) in [6.45, 7) is 4.06. The van der Waals surface area contributed by atoms with Crippen LogP contribution in [-0.2, 0) is 30.4 Å². The monoisotopic (exact) mass is 357 g/mol. The summed E-state index contributed by atoms with van der Waals surface area (Å²) in [5.74, 6) is -2.57. The van der Waals surface area contributed by atoms with E-state index in [1.54, 1.807) is 24.0 Å². The number of esters is 2. The van der Waals surface area contributed by atoms with Crippen LogP contribution in [0.4, 0.5) is 0 Å². The Balaban J connectivity index is 2.54. The highest BCUT2D eigenvalue weighted by Gasteiger charge is 2.35. The molecule has 1 aliphatic heterocycles. The maximum Gasteiger partial charge on any atom is 0.337 e. The average molecular weight is 357 g/mol. The first kappa shape index (κ1) is 19.4. The lowest BCUT2D eigenvalue weighted by Crippen LogP contribution is -2.32. The zero-order chi connectivity index (χ0) is 19.1. The Morgan fingerprint density at radius 2 is 1.88 bits per heavy atom. The second-order valence-corrected chi connectivity index (χ2v) is 5.83. The van der Waals surface area contributed by atoms with Crippen molar-refractivity contribution in [1.82, 2.24) is 4.90 Å². The first-order valence-electron chi connectivity index (χ1n) is 8.45. The Morgan fingerprint density at radius 1 is 1.19 bits per heavy atom. The second kappa shape index (κ2) is 8.99. The van der Waals surface area contributed by atoms with Crippen molar-refractivity contribution in [3.05, 3.63) is 59.3 Å². The molecule has 0 saturated heterocycles. The number of benzene rings is 1. The average Bonchev–Trinajstić information content (AvgIpc) is 2.82. The molecule has 6 heteroatoms. The summed E-state index contributed by atoms with van der Waals surface area (Å²) >= 11 is 0. The number of hydrogen-bond acceptors (Lipinski definition) is 6. The van der Waals surface area contributed by atoms with E-state index in [2.05, 4.69) is 0 Å². The largest absolute Gasteiger partial charge is 0.466 e. The topological polar surface area (TPSA) is 72.9 Å². The Hall–Kier alpha value is -2.89. The summed E-state index contributed by atoms with van der Waals surface area (Å²) in [6.07, 6.45) is 3.36. The molecule has 138 valence electrons. The van der Waals surface area contributed by atoms with Crippen LogP contribution in [0.2, 0.25) is 0 Å². The number of ether oxygens (including phenoxy) is 2. The minimum absolute atomic E-state index is 0.0168. The molecule has 1 aliphatic rings. The molecule has 0 saturated carbocycles. The first-order valence-corrected chi connectivity index (χ1v) is 8.45. The molecule has 6 nitrogen and oxygen atoms in total. The summed E-state index contributed by atoms with van der Waals surface area (Å²) < 4.78 is 9.95. The Bertz CT molecular complexity index is 736. The van der Waals surface area contributed by atoms with E-state index in [9.17, 15) is 14.4 Å². The van der Waals surface area contributed by atoms with Gasteiger partial charge in [-0.05, 0) is 12.5 Å². The molecular formula is C20H23NO5. The minimum atomic E-state index is -0.970. The Morgan fingerprint density at radius 3 is 2.46 bits per heavy atom. The highest BCUT2D eigenvalue weighted by atomic mass is 16.5. The smallest absolute Gasteiger partial charge is 0.337 e. The fourth-order valence-electron chi connectivity index (χ4n) is 2.95. The van der Waals surface area contributed by atoms with Gasteiger partial charge in [0, 0.05) is 20.0 Å². The van der Waals surface area contributed by atoms with Gasteiger partial charge in [-0.15, -0.1) is 0 Å². The molecule has 0 bridgehead atoms. The molecule has 1 aromatic rings. The predicted molar refractivity (Wildman–Crippen MR) is 95.8 cm³/mol. The zero-order valence-corrected chi connectivity index (χ0v) is 15.2. The number of methoxy groups -OCH3 is 1. The number of Topliss-reactive ketones (excluding diaryl/α,β-unsaturated/α-hetero) is 1. The molecule has 0 radical (unpaired) electrons. The standard InChI is InChI=1S/C20H23NO5/c1-4-26-19(23)16-11-8-12-21(13-15-9-6-5-7-10-15)18(14(2)22)17(16)20(24)25-3/h5-11,16H,4,12-13H2,1-3H3. The SMILES string of the molecule is CCOC(=O)C1C=CCN(Cc2ccccc2)C(C(C)=O)=C1C(=O)OC. The molecule has 1 unspecified atom stereocenters. The molecule has 26 heavy (non-hydrogen) atoms. The van der Waals surface area contributed by atoms with E-state index in [0.717, 1.165) is 5.56 Å². The Labute approximate surface area is 153 Å². The fraction of sp³-hybridized carbons (Fsp3) is 0.350. The summed E-state index contributed by atoms with van der Waals surface area (Å²) in [4.78, 5) is 39.0. The van der Waals surface area contributed by atoms with Crippen molar-refractivity contribution in [3.8, 4) is 0 Å². The maximum absolute atomic E-state index is 12.5. The molecule has 0 amide bonds. The van der Waals surface area contributed by atoms with Crippen LogP contribution in [0.5, 0.6) is 0 Å². The molecule has 0 spiro atoms. The highest BCUT2D eigenvalue weighted by molar-refractivity contribution is 6.06. The van der Waals surface area contributed by atoms with Gasteiger partial charge in [-0.1, -0.05) is 42.5 Å². The van der Waals surface area contributed by atoms with E-state index < -0.39 is 17.9 Å². The third-order valence-electron chi connectivity index (χ3n) is 4.03. The van der Waals surface area contributed by atoms with Gasteiger partial charge in [0.2, 0.25) is 0 Å². The normalized spacial score (nSPS) is 16.9. The van der Waals surface area contributed by atoms with Gasteiger partial charge < -0.3 is 14.4 Å². The number of carbonyl (C=O) groups excluding carboxylic acids is 3. The lowest BCUT2D eigenvalue weighted by molar-refractivity contribution is -0.148. The van der Waals surface area contributed by atoms with Gasteiger partial charge in [-0.3, -0.25) is 9.59 Å². The van der Waals surface area contributed by atoms with Crippen molar-refractivity contribution >= 4 is 17.7 Å². The molecule has 1 aromatic carbocycles. The van der Waals surface area contributed by atoms with E-state index in [0.29, 0.717) is 13.1 Å². The zero-order valence-electron chi connectivity index (χ0n) is 15.2. The van der Waals surface area contributed by atoms with Gasteiger partial charge in [0.05, 0.1) is 25.0 Å². The van der Waals surface area contributed by atoms with E-state index >= 15 is 0 Å². The van der Waals surface area contributed by atoms with Crippen LogP contribution in [0.15, 0.2) is 53.8 Å². The van der Waals surface area contributed by atoms with Crippen LogP contribution >= 0.6 is 0 Å². The maximum atomic E-state index is 12.5. The lowest BCUT2D eigenvalue weighted by Gasteiger charge is -2.26. The van der Waals surface area contributed by atoms with Crippen molar-refractivity contribution in [2.75, 3.05) is 20.3 Å². The van der Waals surface area contributed by atoms with Gasteiger partial charge in [0.25, 0.3) is 0 Å². The molecule has 1 heterocycles. The highest BCUT2D eigenvalue weighted by Crippen LogP contribution is 2.27. The van der Waals surface area contributed by atoms with Gasteiger partial charge in [-0.25, -0.2) is 4.79 Å². The minimum Gasteiger partial charge on any atom is -0.466 e. The predicted octanol–water partition coefficient (Wildman–Crippen LogP) is 2.25. The van der Waals surface area contributed by atoms with Crippen molar-refractivity contribution in [2.24, 2.45) is 5.92 Å².